The molecule has 0 bridgehead atoms. The van der Waals surface area contributed by atoms with Crippen molar-refractivity contribution in [2.45, 2.75) is 45.1 Å². The zero-order chi connectivity index (χ0) is 14.7. The monoisotopic (exact) mass is 284 g/mol. The fraction of sp³-hybridized carbons (Fsp3) is 0.529. The molecule has 1 aliphatic carbocycles. The smallest absolute Gasteiger partial charge is 0.163 e. The van der Waals surface area contributed by atoms with Crippen molar-refractivity contribution in [3.63, 3.8) is 0 Å². The van der Waals surface area contributed by atoms with Crippen LogP contribution in [0.3, 0.4) is 0 Å². The quantitative estimate of drug-likeness (QED) is 0.927. The zero-order valence-corrected chi connectivity index (χ0v) is 12.9. The Hall–Kier alpha value is -1.84. The summed E-state index contributed by atoms with van der Waals surface area (Å²) in [5.74, 6) is 1.85. The van der Waals surface area contributed by atoms with Gasteiger partial charge in [-0.1, -0.05) is 13.3 Å². The highest BCUT2D eigenvalue weighted by molar-refractivity contribution is 5.59. The van der Waals surface area contributed by atoms with Gasteiger partial charge in [-0.2, -0.15) is 0 Å². The number of anilines is 1. The molecule has 0 spiro atoms. The molecule has 0 saturated heterocycles. The molecule has 1 heterocycles. The van der Waals surface area contributed by atoms with Crippen LogP contribution in [0.4, 0.5) is 5.69 Å². The van der Waals surface area contributed by atoms with E-state index in [1.807, 2.05) is 11.6 Å². The molecule has 1 aliphatic rings. The van der Waals surface area contributed by atoms with Gasteiger partial charge in [-0.05, 0) is 55.9 Å². The summed E-state index contributed by atoms with van der Waals surface area (Å²) in [6, 6.07) is 9.16. The zero-order valence-electron chi connectivity index (χ0n) is 12.9. The topological polar surface area (TPSA) is 42.7 Å². The van der Waals surface area contributed by atoms with Crippen LogP contribution in [0, 0.1) is 5.92 Å². The number of nitrogens with zero attached hydrogens (tertiary/aromatic N) is 3. The number of hydrogen-bond acceptors (Lipinski definition) is 3. The van der Waals surface area contributed by atoms with Crippen LogP contribution < -0.4 is 5.32 Å². The van der Waals surface area contributed by atoms with Crippen molar-refractivity contribution in [1.29, 1.82) is 0 Å². The fourth-order valence-corrected chi connectivity index (χ4v) is 3.21. The highest BCUT2D eigenvalue weighted by Crippen LogP contribution is 2.29. The lowest BCUT2D eigenvalue weighted by molar-refractivity contribution is 0.330. The molecule has 1 fully saturated rings. The van der Waals surface area contributed by atoms with Crippen LogP contribution >= 0.6 is 0 Å². The van der Waals surface area contributed by atoms with Crippen molar-refractivity contribution in [2.24, 2.45) is 13.0 Å². The first-order valence-electron chi connectivity index (χ1n) is 7.97. The van der Waals surface area contributed by atoms with E-state index in [-0.39, 0.29) is 0 Å². The Morgan fingerprint density at radius 3 is 2.43 bits per heavy atom. The first-order valence-corrected chi connectivity index (χ1v) is 7.97. The van der Waals surface area contributed by atoms with Crippen LogP contribution in [0.15, 0.2) is 30.6 Å². The summed E-state index contributed by atoms with van der Waals surface area (Å²) in [5, 5.41) is 11.7. The molecule has 2 aromatic rings. The van der Waals surface area contributed by atoms with Gasteiger partial charge in [0.2, 0.25) is 0 Å². The second-order valence-electron chi connectivity index (χ2n) is 6.11. The minimum absolute atomic E-state index is 0.633. The molecule has 1 aromatic carbocycles. The molecule has 112 valence electrons. The number of aromatic nitrogens is 3. The summed E-state index contributed by atoms with van der Waals surface area (Å²) < 4.78 is 1.94. The van der Waals surface area contributed by atoms with Crippen LogP contribution in [-0.4, -0.2) is 20.8 Å². The predicted molar refractivity (Wildman–Crippen MR) is 86.1 cm³/mol. The molecule has 0 unspecified atom stereocenters. The van der Waals surface area contributed by atoms with Gasteiger partial charge in [-0.25, -0.2) is 0 Å². The van der Waals surface area contributed by atoms with Gasteiger partial charge in [0.1, 0.15) is 6.33 Å². The molecule has 0 amide bonds. The van der Waals surface area contributed by atoms with Gasteiger partial charge in [0.05, 0.1) is 0 Å². The lowest BCUT2D eigenvalue weighted by Crippen LogP contribution is -2.25. The summed E-state index contributed by atoms with van der Waals surface area (Å²) in [5.41, 5.74) is 2.32. The average molecular weight is 284 g/mol. The summed E-state index contributed by atoms with van der Waals surface area (Å²) >= 11 is 0. The molecule has 4 nitrogen and oxygen atoms in total. The third kappa shape index (κ3) is 3.26. The van der Waals surface area contributed by atoms with Crippen molar-refractivity contribution < 1.29 is 0 Å². The van der Waals surface area contributed by atoms with E-state index in [2.05, 4.69) is 46.7 Å². The van der Waals surface area contributed by atoms with Crippen molar-refractivity contribution >= 4 is 5.69 Å². The van der Waals surface area contributed by atoms with E-state index in [1.54, 1.807) is 6.33 Å². The molecule has 3 rings (SSSR count). The Balaban J connectivity index is 1.62. The first kappa shape index (κ1) is 14.1. The van der Waals surface area contributed by atoms with Gasteiger partial charge in [0.25, 0.3) is 0 Å². The maximum absolute atomic E-state index is 4.14. The third-order valence-corrected chi connectivity index (χ3v) is 4.65. The van der Waals surface area contributed by atoms with Gasteiger partial charge in [-0.15, -0.1) is 10.2 Å². The first-order chi connectivity index (χ1) is 10.3. The average Bonchev–Trinajstić information content (AvgIpc) is 2.95. The van der Waals surface area contributed by atoms with Crippen LogP contribution in [0.25, 0.3) is 11.4 Å². The molecule has 1 aromatic heterocycles. The van der Waals surface area contributed by atoms with E-state index in [0.717, 1.165) is 17.3 Å². The van der Waals surface area contributed by atoms with Crippen LogP contribution in [0.2, 0.25) is 0 Å². The van der Waals surface area contributed by atoms with Gasteiger partial charge in [0.15, 0.2) is 5.82 Å². The number of benzene rings is 1. The molecule has 21 heavy (non-hydrogen) atoms. The second-order valence-corrected chi connectivity index (χ2v) is 6.11. The molecular formula is C17H24N4. The molecule has 1 N–H and O–H groups in total. The van der Waals surface area contributed by atoms with E-state index < -0.39 is 0 Å². The second kappa shape index (κ2) is 6.29. The number of nitrogens with one attached hydrogen (secondary N) is 1. The van der Waals surface area contributed by atoms with E-state index in [0.29, 0.717) is 6.04 Å². The van der Waals surface area contributed by atoms with Gasteiger partial charge in [-0.3, -0.25) is 0 Å². The molecule has 0 radical (unpaired) electrons. The molecule has 4 heteroatoms. The van der Waals surface area contributed by atoms with E-state index in [1.165, 1.54) is 37.8 Å². The Labute approximate surface area is 126 Å². The number of hydrogen-bond donors (Lipinski definition) is 1. The van der Waals surface area contributed by atoms with Gasteiger partial charge >= 0.3 is 0 Å². The Morgan fingerprint density at radius 2 is 1.86 bits per heavy atom. The molecule has 0 aliphatic heterocycles. The number of rotatable bonds is 4. The Morgan fingerprint density at radius 1 is 1.14 bits per heavy atom. The van der Waals surface area contributed by atoms with Crippen molar-refractivity contribution in [1.82, 2.24) is 14.8 Å². The minimum atomic E-state index is 0.633. The third-order valence-electron chi connectivity index (χ3n) is 4.65. The largest absolute Gasteiger partial charge is 0.382 e. The molecule has 0 atom stereocenters. The summed E-state index contributed by atoms with van der Waals surface area (Å²) in [6.45, 7) is 2.31. The summed E-state index contributed by atoms with van der Waals surface area (Å²) in [4.78, 5) is 0. The number of aryl methyl sites for hydroxylation is 1. The van der Waals surface area contributed by atoms with Gasteiger partial charge < -0.3 is 9.88 Å². The SMILES string of the molecule is CCC1CCC(Nc2ccc(-c3nncn3C)cc2)CC1. The lowest BCUT2D eigenvalue weighted by Gasteiger charge is -2.29. The van der Waals surface area contributed by atoms with Crippen LogP contribution in [-0.2, 0) is 7.05 Å². The Bertz CT molecular complexity index is 565. The summed E-state index contributed by atoms with van der Waals surface area (Å²) in [7, 11) is 1.97. The fourth-order valence-electron chi connectivity index (χ4n) is 3.21. The highest BCUT2D eigenvalue weighted by Gasteiger charge is 2.19. The minimum Gasteiger partial charge on any atom is -0.382 e. The summed E-state index contributed by atoms with van der Waals surface area (Å²) in [6.07, 6.45) is 8.39. The van der Waals surface area contributed by atoms with E-state index >= 15 is 0 Å². The van der Waals surface area contributed by atoms with Gasteiger partial charge in [0, 0.05) is 24.3 Å². The van der Waals surface area contributed by atoms with E-state index in [4.69, 9.17) is 0 Å². The van der Waals surface area contributed by atoms with Crippen molar-refractivity contribution in [3.05, 3.63) is 30.6 Å². The normalized spacial score (nSPS) is 22.2. The molecular weight excluding hydrogens is 260 g/mol. The van der Waals surface area contributed by atoms with Crippen LogP contribution in [0.1, 0.15) is 39.0 Å². The predicted octanol–water partition coefficient (Wildman–Crippen LogP) is 3.86. The highest BCUT2D eigenvalue weighted by atomic mass is 15.2. The molecule has 1 saturated carbocycles. The van der Waals surface area contributed by atoms with Crippen molar-refractivity contribution in [2.75, 3.05) is 5.32 Å². The van der Waals surface area contributed by atoms with E-state index in [9.17, 15) is 0 Å². The Kier molecular flexibility index (Phi) is 4.23. The maximum Gasteiger partial charge on any atom is 0.163 e. The van der Waals surface area contributed by atoms with Crippen LogP contribution in [0.5, 0.6) is 0 Å². The maximum atomic E-state index is 4.14. The standard InChI is InChI=1S/C17H24N4/c1-3-13-4-8-15(9-5-13)19-16-10-6-14(7-11-16)17-20-18-12-21(17)2/h6-7,10-13,15,19H,3-5,8-9H2,1-2H3. The lowest BCUT2D eigenvalue weighted by atomic mass is 9.84. The van der Waals surface area contributed by atoms with Crippen molar-refractivity contribution in [3.8, 4) is 11.4 Å².